The minimum Gasteiger partial charge on any atom is -0.481 e. The number of aliphatic hydroxyl groups is 1. The Bertz CT molecular complexity index is 1970. The van der Waals surface area contributed by atoms with Crippen molar-refractivity contribution in [1.29, 1.82) is 0 Å². The predicted octanol–water partition coefficient (Wildman–Crippen LogP) is 9.66. The lowest BCUT2D eigenvalue weighted by Crippen LogP contribution is -2.63. The first-order valence-electron chi connectivity index (χ1n) is 27.2. The number of fused-ring (bicyclic) bond motifs is 10. The van der Waals surface area contributed by atoms with Crippen LogP contribution in [0.15, 0.2) is 0 Å². The van der Waals surface area contributed by atoms with Crippen LogP contribution in [0.1, 0.15) is 185 Å². The van der Waals surface area contributed by atoms with Gasteiger partial charge in [-0.05, 0) is 173 Å². The van der Waals surface area contributed by atoms with Gasteiger partial charge < -0.3 is 33.9 Å². The molecule has 0 spiro atoms. The summed E-state index contributed by atoms with van der Waals surface area (Å²) in [6.45, 7) is 19.6. The molecule has 69 heavy (non-hydrogen) atoms. The molecule has 0 radical (unpaired) electrons. The summed E-state index contributed by atoms with van der Waals surface area (Å²) in [6, 6.07) is 0. The van der Waals surface area contributed by atoms with E-state index in [4.69, 9.17) is 23.7 Å². The van der Waals surface area contributed by atoms with E-state index in [2.05, 4.69) is 41.5 Å². The van der Waals surface area contributed by atoms with Crippen LogP contribution in [0.5, 0.6) is 0 Å². The first-order chi connectivity index (χ1) is 32.4. The van der Waals surface area contributed by atoms with Gasteiger partial charge in [0, 0.05) is 63.2 Å². The Hall–Kier alpha value is -3.22. The number of hydrogen-bond donors (Lipinski definition) is 2. The van der Waals surface area contributed by atoms with Crippen LogP contribution in [-0.2, 0) is 52.5 Å². The molecule has 0 saturated heterocycles. The van der Waals surface area contributed by atoms with Crippen molar-refractivity contribution in [2.45, 2.75) is 221 Å². The van der Waals surface area contributed by atoms with E-state index in [-0.39, 0.29) is 167 Å². The molecule has 0 aliphatic heterocycles. The fraction of sp³-hybridized carbons (Fsp3) is 0.893. The van der Waals surface area contributed by atoms with E-state index >= 15 is 0 Å². The van der Waals surface area contributed by atoms with E-state index in [1.165, 1.54) is 27.7 Å². The number of carboxylic acid groups (broad SMARTS) is 1. The highest BCUT2D eigenvalue weighted by Gasteiger charge is 2.69. The van der Waals surface area contributed by atoms with E-state index in [9.17, 15) is 39.0 Å². The highest BCUT2D eigenvalue weighted by molar-refractivity contribution is 5.70. The molecule has 13 nitrogen and oxygen atoms in total. The number of rotatable bonds is 13. The van der Waals surface area contributed by atoms with Crippen LogP contribution < -0.4 is 0 Å². The molecule has 8 saturated carbocycles. The second kappa shape index (κ2) is 19.7. The maximum absolute atomic E-state index is 14.0. The van der Waals surface area contributed by atoms with Gasteiger partial charge in [0.2, 0.25) is 0 Å². The largest absolute Gasteiger partial charge is 0.481 e. The van der Waals surface area contributed by atoms with Crippen LogP contribution in [0.3, 0.4) is 0 Å². The number of ether oxygens (including phenoxy) is 5. The van der Waals surface area contributed by atoms with E-state index in [1.807, 2.05) is 0 Å². The quantitative estimate of drug-likeness (QED) is 0.131. The highest BCUT2D eigenvalue weighted by atomic mass is 16.6. The van der Waals surface area contributed by atoms with Crippen molar-refractivity contribution in [2.75, 3.05) is 0 Å². The standard InChI is InChI=1S/C56H86O13/c1-29(11-17-49(62)63)39-13-15-42-52-44(28-48(55(39,42)9)68-34(6)60)54(8)22-20-38(24-36(54)26-46(52)66-32(4)58)69-50(64)18-12-30(2)40-14-16-41-51-43(27-47(56(40,41)10)67-33(5)59)53(7)21-19-37(61)23-35(53)25-45(51)65-31(3)57/h29-30,35-48,51-52,61H,11-28H2,1-10H3,(H,62,63)/t29-,30-,35+,36+,37-,38-,39-,40-,41+,42+,43+,44+,45-,46-,47+,48+,51+,52+,53+,54+,55-,56-/m1/s1. The summed E-state index contributed by atoms with van der Waals surface area (Å²) >= 11 is 0. The zero-order valence-electron chi connectivity index (χ0n) is 43.5. The van der Waals surface area contributed by atoms with E-state index < -0.39 is 11.4 Å². The normalized spacial score (nSPS) is 46.1. The van der Waals surface area contributed by atoms with E-state index in [1.54, 1.807) is 0 Å². The molecule has 0 aromatic heterocycles. The number of aliphatic hydroxyl groups excluding tert-OH is 1. The summed E-state index contributed by atoms with van der Waals surface area (Å²) in [4.78, 5) is 76.8. The first-order valence-corrected chi connectivity index (χ1v) is 27.2. The van der Waals surface area contributed by atoms with Crippen molar-refractivity contribution < 1.29 is 62.7 Å². The maximum atomic E-state index is 14.0. The Kier molecular flexibility index (Phi) is 14.8. The van der Waals surface area contributed by atoms with Gasteiger partial charge >= 0.3 is 35.8 Å². The summed E-state index contributed by atoms with van der Waals surface area (Å²) in [6.07, 6.45) is 10.7. The second-order valence-corrected chi connectivity index (χ2v) is 25.3. The zero-order chi connectivity index (χ0) is 50.1. The molecular formula is C56H86O13. The average molecular weight is 967 g/mol. The highest BCUT2D eigenvalue weighted by Crippen LogP contribution is 2.71. The van der Waals surface area contributed by atoms with Crippen molar-refractivity contribution in [1.82, 2.24) is 0 Å². The minimum atomic E-state index is -0.810. The smallest absolute Gasteiger partial charge is 0.306 e. The van der Waals surface area contributed by atoms with Gasteiger partial charge in [-0.15, -0.1) is 0 Å². The third-order valence-electron chi connectivity index (χ3n) is 22.1. The lowest BCUT2D eigenvalue weighted by atomic mass is 9.43. The average Bonchev–Trinajstić information content (AvgIpc) is 3.81. The summed E-state index contributed by atoms with van der Waals surface area (Å²) < 4.78 is 31.6. The molecule has 0 unspecified atom stereocenters. The molecular weight excluding hydrogens is 881 g/mol. The second-order valence-electron chi connectivity index (χ2n) is 25.3. The van der Waals surface area contributed by atoms with Crippen molar-refractivity contribution >= 4 is 35.8 Å². The van der Waals surface area contributed by atoms with Crippen molar-refractivity contribution in [3.8, 4) is 0 Å². The maximum Gasteiger partial charge on any atom is 0.306 e. The first kappa shape index (κ1) is 52.1. The SMILES string of the molecule is CC(=O)O[C@H]1C[C@H]2[C@@H]([C@H](OC(C)=O)C[C@@H]3C[C@H](O)CC[C@@]32C)[C@@H]2CC[C@H]([C@H](C)CCC(=O)O[C@@H]3CC[C@@]4(C)[C@@H](C3)C[C@@H](OC(C)=O)[C@@H]3[C@@H]4C[C@H](OC(C)=O)[C@]4(C)[C@@H]([C@H](C)CCC(=O)O)CC[C@@H]34)[C@@]12C. The lowest BCUT2D eigenvalue weighted by molar-refractivity contribution is -0.224. The number of carboxylic acids is 1. The van der Waals surface area contributed by atoms with Gasteiger partial charge in [0.05, 0.1) is 6.10 Å². The molecule has 8 fully saturated rings. The Morgan fingerprint density at radius 2 is 0.957 bits per heavy atom. The van der Waals surface area contributed by atoms with Gasteiger partial charge in [0.1, 0.15) is 30.5 Å². The molecule has 0 amide bonds. The predicted molar refractivity (Wildman–Crippen MR) is 255 cm³/mol. The van der Waals surface area contributed by atoms with Crippen molar-refractivity contribution in [3.05, 3.63) is 0 Å². The number of carbonyl (C=O) groups is 6. The van der Waals surface area contributed by atoms with Crippen molar-refractivity contribution in [3.63, 3.8) is 0 Å². The van der Waals surface area contributed by atoms with Crippen LogP contribution in [0.25, 0.3) is 0 Å². The third-order valence-corrected chi connectivity index (χ3v) is 22.1. The molecule has 0 aromatic carbocycles. The molecule has 13 heteroatoms. The molecule has 388 valence electrons. The summed E-state index contributed by atoms with van der Waals surface area (Å²) in [7, 11) is 0. The zero-order valence-corrected chi connectivity index (χ0v) is 43.5. The van der Waals surface area contributed by atoms with Gasteiger partial charge in [-0.1, -0.05) is 41.5 Å². The Morgan fingerprint density at radius 1 is 0.522 bits per heavy atom. The number of esters is 5. The molecule has 8 aliphatic carbocycles. The Balaban J connectivity index is 0.953. The minimum absolute atomic E-state index is 0.0565. The van der Waals surface area contributed by atoms with Crippen LogP contribution >= 0.6 is 0 Å². The van der Waals surface area contributed by atoms with Crippen molar-refractivity contribution in [2.24, 2.45) is 92.7 Å². The van der Waals surface area contributed by atoms with E-state index in [0.717, 1.165) is 57.8 Å². The van der Waals surface area contributed by atoms with Gasteiger partial charge in [0.15, 0.2) is 0 Å². The third kappa shape index (κ3) is 9.40. The van der Waals surface area contributed by atoms with Gasteiger partial charge in [0.25, 0.3) is 0 Å². The molecule has 22 atom stereocenters. The topological polar surface area (TPSA) is 189 Å². The van der Waals surface area contributed by atoms with Crippen LogP contribution in [-0.4, -0.2) is 82.7 Å². The molecule has 8 aliphatic rings. The fourth-order valence-electron chi connectivity index (χ4n) is 19.0. The van der Waals surface area contributed by atoms with Crippen LogP contribution in [0.2, 0.25) is 0 Å². The Labute approximate surface area is 411 Å². The van der Waals surface area contributed by atoms with E-state index in [0.29, 0.717) is 44.9 Å². The summed E-state index contributed by atoms with van der Waals surface area (Å²) in [5.41, 5.74) is -0.974. The number of hydrogen-bond acceptors (Lipinski definition) is 12. The van der Waals surface area contributed by atoms with Crippen LogP contribution in [0.4, 0.5) is 0 Å². The summed E-state index contributed by atoms with van der Waals surface area (Å²) in [5, 5.41) is 20.3. The molecule has 0 bridgehead atoms. The molecule has 0 aromatic rings. The molecule has 0 heterocycles. The fourth-order valence-corrected chi connectivity index (χ4v) is 19.0. The number of carbonyl (C=O) groups excluding carboxylic acids is 5. The van der Waals surface area contributed by atoms with Crippen LogP contribution in [0, 0.1) is 92.7 Å². The van der Waals surface area contributed by atoms with Gasteiger partial charge in [-0.25, -0.2) is 0 Å². The van der Waals surface area contributed by atoms with Gasteiger partial charge in [-0.2, -0.15) is 0 Å². The monoisotopic (exact) mass is 967 g/mol. The molecule has 2 N–H and O–H groups in total. The lowest BCUT2D eigenvalue weighted by Gasteiger charge is -2.64. The van der Waals surface area contributed by atoms with Gasteiger partial charge in [-0.3, -0.25) is 28.8 Å². The summed E-state index contributed by atoms with van der Waals surface area (Å²) in [5.74, 6) is -0.468. The Morgan fingerprint density at radius 3 is 1.41 bits per heavy atom. The number of aliphatic carboxylic acids is 1. The molecule has 8 rings (SSSR count).